The zero-order valence-electron chi connectivity index (χ0n) is 17.8. The summed E-state index contributed by atoms with van der Waals surface area (Å²) in [4.78, 5) is 16.5. The van der Waals surface area contributed by atoms with E-state index < -0.39 is 0 Å². The van der Waals surface area contributed by atoms with Gasteiger partial charge in [0.15, 0.2) is 11.0 Å². The first-order chi connectivity index (χ1) is 14.5. The maximum absolute atomic E-state index is 12.3. The monoisotopic (exact) mass is 425 g/mol. The lowest BCUT2D eigenvalue weighted by atomic mass is 10.1. The van der Waals surface area contributed by atoms with Crippen molar-refractivity contribution in [1.29, 1.82) is 0 Å². The highest BCUT2D eigenvalue weighted by Crippen LogP contribution is 2.26. The third-order valence-electron chi connectivity index (χ3n) is 4.40. The van der Waals surface area contributed by atoms with Crippen molar-refractivity contribution >= 4 is 17.7 Å². The van der Waals surface area contributed by atoms with Gasteiger partial charge < -0.3 is 14.6 Å². The standard InChI is InChI=1S/C22H27N5O2S/c1-5-27-21(18-9-7-6-8-16(18)4)25-26-22(27)30-14-19(28)23-12-17-10-11-20(24-13-17)29-15(2)3/h6-11,13,15H,5,12,14H2,1-4H3,(H,23,28). The average Bonchev–Trinajstić information content (AvgIpc) is 3.14. The lowest BCUT2D eigenvalue weighted by molar-refractivity contribution is -0.118. The van der Waals surface area contributed by atoms with Crippen molar-refractivity contribution in [2.75, 3.05) is 5.75 Å². The van der Waals surface area contributed by atoms with Gasteiger partial charge in [-0.25, -0.2) is 4.98 Å². The quantitative estimate of drug-likeness (QED) is 0.524. The van der Waals surface area contributed by atoms with Crippen LogP contribution in [0.5, 0.6) is 5.88 Å². The van der Waals surface area contributed by atoms with Gasteiger partial charge in [0, 0.05) is 30.9 Å². The second-order valence-corrected chi connectivity index (χ2v) is 8.04. The molecule has 1 N–H and O–H groups in total. The van der Waals surface area contributed by atoms with Gasteiger partial charge in [-0.1, -0.05) is 42.1 Å². The van der Waals surface area contributed by atoms with E-state index in [1.165, 1.54) is 11.8 Å². The fourth-order valence-corrected chi connectivity index (χ4v) is 3.74. The lowest BCUT2D eigenvalue weighted by Gasteiger charge is -2.10. The minimum absolute atomic E-state index is 0.0643. The SMILES string of the molecule is CCn1c(SCC(=O)NCc2ccc(OC(C)C)nc2)nnc1-c1ccccc1C. The molecule has 2 aromatic heterocycles. The molecule has 1 aromatic carbocycles. The van der Waals surface area contributed by atoms with Gasteiger partial charge in [0.2, 0.25) is 11.8 Å². The van der Waals surface area contributed by atoms with Crippen molar-refractivity contribution in [2.45, 2.75) is 52.0 Å². The molecular weight excluding hydrogens is 398 g/mol. The second kappa shape index (κ2) is 10.2. The molecule has 3 aromatic rings. The Labute approximate surface area is 181 Å². The molecule has 0 aliphatic rings. The zero-order valence-corrected chi connectivity index (χ0v) is 18.6. The molecule has 0 atom stereocenters. The highest BCUT2D eigenvalue weighted by Gasteiger charge is 2.15. The predicted molar refractivity (Wildman–Crippen MR) is 118 cm³/mol. The number of rotatable bonds is 9. The van der Waals surface area contributed by atoms with Crippen LogP contribution in [0, 0.1) is 6.92 Å². The Hall–Kier alpha value is -2.87. The van der Waals surface area contributed by atoms with Crippen LogP contribution in [0.15, 0.2) is 47.8 Å². The number of nitrogens with zero attached hydrogens (tertiary/aromatic N) is 4. The molecule has 0 radical (unpaired) electrons. The number of carbonyl (C=O) groups is 1. The molecule has 7 nitrogen and oxygen atoms in total. The Morgan fingerprint density at radius 3 is 2.67 bits per heavy atom. The molecule has 0 bridgehead atoms. The van der Waals surface area contributed by atoms with Gasteiger partial charge in [-0.05, 0) is 38.8 Å². The Balaban J connectivity index is 1.55. The number of hydrogen-bond donors (Lipinski definition) is 1. The maximum atomic E-state index is 12.3. The van der Waals surface area contributed by atoms with Gasteiger partial charge in [0.1, 0.15) is 0 Å². The van der Waals surface area contributed by atoms with E-state index in [9.17, 15) is 4.79 Å². The summed E-state index contributed by atoms with van der Waals surface area (Å²) in [7, 11) is 0. The normalized spacial score (nSPS) is 11.0. The van der Waals surface area contributed by atoms with E-state index in [1.807, 2.05) is 48.7 Å². The van der Waals surface area contributed by atoms with Crippen LogP contribution in [-0.2, 0) is 17.9 Å². The van der Waals surface area contributed by atoms with Crippen LogP contribution in [0.3, 0.4) is 0 Å². The topological polar surface area (TPSA) is 81.9 Å². The summed E-state index contributed by atoms with van der Waals surface area (Å²) >= 11 is 1.39. The van der Waals surface area contributed by atoms with Crippen molar-refractivity contribution < 1.29 is 9.53 Å². The Kier molecular flexibility index (Phi) is 7.46. The lowest BCUT2D eigenvalue weighted by Crippen LogP contribution is -2.24. The smallest absolute Gasteiger partial charge is 0.230 e. The average molecular weight is 426 g/mol. The fraction of sp³-hybridized carbons (Fsp3) is 0.364. The summed E-state index contributed by atoms with van der Waals surface area (Å²) in [6.45, 7) is 9.17. The number of hydrogen-bond acceptors (Lipinski definition) is 6. The summed E-state index contributed by atoms with van der Waals surface area (Å²) in [5, 5.41) is 12.3. The number of ether oxygens (including phenoxy) is 1. The number of aryl methyl sites for hydroxylation is 1. The molecule has 0 unspecified atom stereocenters. The number of thioether (sulfide) groups is 1. The molecule has 0 saturated heterocycles. The Morgan fingerprint density at radius 1 is 1.20 bits per heavy atom. The molecular formula is C22H27N5O2S. The van der Waals surface area contributed by atoms with Crippen LogP contribution in [0.25, 0.3) is 11.4 Å². The van der Waals surface area contributed by atoms with Crippen LogP contribution in [0.1, 0.15) is 31.9 Å². The van der Waals surface area contributed by atoms with Crippen LogP contribution in [-0.4, -0.2) is 37.5 Å². The van der Waals surface area contributed by atoms with Gasteiger partial charge in [-0.2, -0.15) is 0 Å². The van der Waals surface area contributed by atoms with Crippen molar-refractivity contribution in [2.24, 2.45) is 0 Å². The highest BCUT2D eigenvalue weighted by molar-refractivity contribution is 7.99. The van der Waals surface area contributed by atoms with Crippen LogP contribution in [0.4, 0.5) is 0 Å². The van der Waals surface area contributed by atoms with E-state index in [4.69, 9.17) is 4.74 Å². The molecule has 8 heteroatoms. The van der Waals surface area contributed by atoms with Crippen molar-refractivity contribution in [3.8, 4) is 17.3 Å². The molecule has 0 spiro atoms. The van der Waals surface area contributed by atoms with Crippen LogP contribution < -0.4 is 10.1 Å². The van der Waals surface area contributed by atoms with Gasteiger partial charge >= 0.3 is 0 Å². The van der Waals surface area contributed by atoms with E-state index in [2.05, 4.69) is 40.4 Å². The van der Waals surface area contributed by atoms with Crippen molar-refractivity contribution in [3.05, 3.63) is 53.7 Å². The second-order valence-electron chi connectivity index (χ2n) is 7.10. The zero-order chi connectivity index (χ0) is 21.5. The molecule has 0 saturated carbocycles. The Morgan fingerprint density at radius 2 is 2.00 bits per heavy atom. The van der Waals surface area contributed by atoms with Crippen molar-refractivity contribution in [1.82, 2.24) is 25.1 Å². The van der Waals surface area contributed by atoms with Crippen molar-refractivity contribution in [3.63, 3.8) is 0 Å². The van der Waals surface area contributed by atoms with E-state index in [0.29, 0.717) is 12.4 Å². The molecule has 3 rings (SSSR count). The first-order valence-corrected chi connectivity index (χ1v) is 11.0. The third-order valence-corrected chi connectivity index (χ3v) is 5.36. The number of amides is 1. The number of benzene rings is 1. The summed E-state index contributed by atoms with van der Waals surface area (Å²) in [6.07, 6.45) is 1.80. The van der Waals surface area contributed by atoms with Crippen LogP contribution >= 0.6 is 11.8 Å². The highest BCUT2D eigenvalue weighted by atomic mass is 32.2. The number of nitrogens with one attached hydrogen (secondary N) is 1. The van der Waals surface area contributed by atoms with E-state index in [-0.39, 0.29) is 17.8 Å². The number of carbonyl (C=O) groups excluding carboxylic acids is 1. The predicted octanol–water partition coefficient (Wildman–Crippen LogP) is 3.86. The summed E-state index contributed by atoms with van der Waals surface area (Å²) in [5.41, 5.74) is 3.12. The molecule has 0 aliphatic heterocycles. The minimum Gasteiger partial charge on any atom is -0.475 e. The number of pyridine rings is 1. The van der Waals surface area contributed by atoms with E-state index >= 15 is 0 Å². The molecule has 1 amide bonds. The Bertz CT molecular complexity index is 985. The summed E-state index contributed by atoms with van der Waals surface area (Å²) in [6, 6.07) is 11.8. The molecule has 158 valence electrons. The fourth-order valence-electron chi connectivity index (χ4n) is 2.91. The molecule has 30 heavy (non-hydrogen) atoms. The largest absolute Gasteiger partial charge is 0.475 e. The minimum atomic E-state index is -0.0643. The summed E-state index contributed by atoms with van der Waals surface area (Å²) in [5.74, 6) is 1.62. The third kappa shape index (κ3) is 5.60. The van der Waals surface area contributed by atoms with Gasteiger partial charge in [0.25, 0.3) is 0 Å². The van der Waals surface area contributed by atoms with E-state index in [1.54, 1.807) is 6.20 Å². The van der Waals surface area contributed by atoms with E-state index in [0.717, 1.165) is 34.2 Å². The molecule has 0 aliphatic carbocycles. The summed E-state index contributed by atoms with van der Waals surface area (Å²) < 4.78 is 7.57. The molecule has 0 fully saturated rings. The first kappa shape index (κ1) is 21.8. The van der Waals surface area contributed by atoms with Gasteiger partial charge in [0.05, 0.1) is 11.9 Å². The van der Waals surface area contributed by atoms with Gasteiger partial charge in [-0.15, -0.1) is 10.2 Å². The first-order valence-electron chi connectivity index (χ1n) is 9.98. The number of aromatic nitrogens is 4. The van der Waals surface area contributed by atoms with Crippen LogP contribution in [0.2, 0.25) is 0 Å². The molecule has 2 heterocycles. The van der Waals surface area contributed by atoms with Gasteiger partial charge in [-0.3, -0.25) is 4.79 Å². The maximum Gasteiger partial charge on any atom is 0.230 e.